The summed E-state index contributed by atoms with van der Waals surface area (Å²) in [4.78, 5) is 2.10. The molecule has 3 aromatic rings. The van der Waals surface area contributed by atoms with Gasteiger partial charge in [-0.25, -0.2) is 0 Å². The maximum atomic E-state index is 10.3. The number of likely N-dealkylation sites (N-methyl/N-ethyl adjacent to an activating group) is 1. The lowest BCUT2D eigenvalue weighted by Gasteiger charge is -2.21. The van der Waals surface area contributed by atoms with Crippen molar-refractivity contribution in [3.63, 3.8) is 0 Å². The van der Waals surface area contributed by atoms with Crippen LogP contribution in [0.5, 0.6) is 5.75 Å². The average molecular weight is 409 g/mol. The molecule has 0 saturated heterocycles. The summed E-state index contributed by atoms with van der Waals surface area (Å²) in [6.45, 7) is 4.35. The van der Waals surface area contributed by atoms with Crippen LogP contribution in [0.4, 0.5) is 0 Å². The first-order valence-corrected chi connectivity index (χ1v) is 10.5. The SMILES string of the molecule is CN(Cc1ccccc1)C[C@H](O)COc1ccc(CNCCCn2cccn2)cc1. The minimum atomic E-state index is -0.533. The van der Waals surface area contributed by atoms with Crippen molar-refractivity contribution in [2.24, 2.45) is 0 Å². The van der Waals surface area contributed by atoms with Gasteiger partial charge in [-0.05, 0) is 49.3 Å². The van der Waals surface area contributed by atoms with Crippen LogP contribution in [0.15, 0.2) is 73.1 Å². The predicted octanol–water partition coefficient (Wildman–Crippen LogP) is 2.93. The number of nitrogens with one attached hydrogen (secondary N) is 1. The summed E-state index contributed by atoms with van der Waals surface area (Å²) in [5.41, 5.74) is 2.45. The smallest absolute Gasteiger partial charge is 0.119 e. The standard InChI is InChI=1S/C24H32N4O2/c1-27(18-22-7-3-2-4-8-22)19-23(29)20-30-24-11-9-21(10-12-24)17-25-13-5-15-28-16-6-14-26-28/h2-4,6-12,14,16,23,25,29H,5,13,15,17-20H2,1H3/t23-/m0/s1. The van der Waals surface area contributed by atoms with Crippen LogP contribution in [0, 0.1) is 0 Å². The first kappa shape index (κ1) is 22.0. The lowest BCUT2D eigenvalue weighted by molar-refractivity contribution is 0.0744. The highest BCUT2D eigenvalue weighted by Gasteiger charge is 2.10. The second-order valence-electron chi connectivity index (χ2n) is 7.59. The van der Waals surface area contributed by atoms with Gasteiger partial charge in [0, 0.05) is 38.6 Å². The number of aliphatic hydroxyl groups is 1. The quantitative estimate of drug-likeness (QED) is 0.426. The molecule has 0 saturated carbocycles. The molecule has 2 aromatic carbocycles. The molecule has 1 heterocycles. The number of hydrogen-bond donors (Lipinski definition) is 2. The van der Waals surface area contributed by atoms with Gasteiger partial charge in [-0.3, -0.25) is 9.58 Å². The fraction of sp³-hybridized carbons (Fsp3) is 0.375. The van der Waals surface area contributed by atoms with Crippen LogP contribution in [0.1, 0.15) is 17.5 Å². The monoisotopic (exact) mass is 408 g/mol. The number of hydrogen-bond acceptors (Lipinski definition) is 5. The topological polar surface area (TPSA) is 62.6 Å². The second-order valence-corrected chi connectivity index (χ2v) is 7.59. The summed E-state index contributed by atoms with van der Waals surface area (Å²) in [7, 11) is 2.01. The van der Waals surface area contributed by atoms with E-state index in [4.69, 9.17) is 4.74 Å². The van der Waals surface area contributed by atoms with Crippen molar-refractivity contribution in [2.45, 2.75) is 32.2 Å². The van der Waals surface area contributed by atoms with E-state index in [9.17, 15) is 5.11 Å². The number of ether oxygens (including phenoxy) is 1. The molecular formula is C24H32N4O2. The molecule has 30 heavy (non-hydrogen) atoms. The van der Waals surface area contributed by atoms with E-state index in [1.54, 1.807) is 6.20 Å². The second kappa shape index (κ2) is 12.1. The zero-order chi connectivity index (χ0) is 21.0. The van der Waals surface area contributed by atoms with E-state index in [1.807, 2.05) is 54.3 Å². The van der Waals surface area contributed by atoms with E-state index in [0.29, 0.717) is 6.54 Å². The third kappa shape index (κ3) is 7.99. The number of rotatable bonds is 13. The van der Waals surface area contributed by atoms with Crippen molar-refractivity contribution in [3.8, 4) is 5.75 Å². The van der Waals surface area contributed by atoms with E-state index in [0.717, 1.165) is 38.3 Å². The van der Waals surface area contributed by atoms with Crippen molar-refractivity contribution in [1.29, 1.82) is 0 Å². The fourth-order valence-corrected chi connectivity index (χ4v) is 3.30. The Hall–Kier alpha value is -2.67. The molecule has 1 atom stereocenters. The zero-order valence-corrected chi connectivity index (χ0v) is 17.7. The van der Waals surface area contributed by atoms with Crippen LogP contribution < -0.4 is 10.1 Å². The molecule has 0 aliphatic rings. The van der Waals surface area contributed by atoms with Crippen LogP contribution in [-0.4, -0.2) is 52.6 Å². The molecule has 6 heteroatoms. The predicted molar refractivity (Wildman–Crippen MR) is 119 cm³/mol. The summed E-state index contributed by atoms with van der Waals surface area (Å²) in [5, 5.41) is 17.9. The number of benzene rings is 2. The Kier molecular flexibility index (Phi) is 8.90. The number of aromatic nitrogens is 2. The van der Waals surface area contributed by atoms with E-state index in [2.05, 4.69) is 39.6 Å². The van der Waals surface area contributed by atoms with Gasteiger partial charge in [-0.1, -0.05) is 42.5 Å². The van der Waals surface area contributed by atoms with Crippen LogP contribution in [0.25, 0.3) is 0 Å². The third-order valence-electron chi connectivity index (χ3n) is 4.81. The van der Waals surface area contributed by atoms with Crippen molar-refractivity contribution in [2.75, 3.05) is 26.7 Å². The van der Waals surface area contributed by atoms with Gasteiger partial charge in [0.2, 0.25) is 0 Å². The molecular weight excluding hydrogens is 376 g/mol. The highest BCUT2D eigenvalue weighted by atomic mass is 16.5. The summed E-state index contributed by atoms with van der Waals surface area (Å²) < 4.78 is 7.70. The Bertz CT molecular complexity index is 822. The van der Waals surface area contributed by atoms with E-state index in [1.165, 1.54) is 11.1 Å². The molecule has 0 spiro atoms. The third-order valence-corrected chi connectivity index (χ3v) is 4.81. The molecule has 0 fully saturated rings. The van der Waals surface area contributed by atoms with Gasteiger partial charge >= 0.3 is 0 Å². The molecule has 0 aliphatic heterocycles. The molecule has 2 N–H and O–H groups in total. The first-order valence-electron chi connectivity index (χ1n) is 10.5. The summed E-state index contributed by atoms with van der Waals surface area (Å²) >= 11 is 0. The van der Waals surface area contributed by atoms with E-state index < -0.39 is 6.10 Å². The molecule has 0 bridgehead atoms. The highest BCUT2D eigenvalue weighted by molar-refractivity contribution is 5.27. The minimum absolute atomic E-state index is 0.282. The number of aliphatic hydroxyl groups excluding tert-OH is 1. The number of aryl methyl sites for hydroxylation is 1. The lowest BCUT2D eigenvalue weighted by atomic mass is 10.2. The summed E-state index contributed by atoms with van der Waals surface area (Å²) in [6.07, 6.45) is 4.30. The van der Waals surface area contributed by atoms with Gasteiger partial charge in [0.1, 0.15) is 18.5 Å². The van der Waals surface area contributed by atoms with Gasteiger partial charge in [-0.15, -0.1) is 0 Å². The van der Waals surface area contributed by atoms with Crippen molar-refractivity contribution in [3.05, 3.63) is 84.2 Å². The van der Waals surface area contributed by atoms with Gasteiger partial charge < -0.3 is 15.2 Å². The van der Waals surface area contributed by atoms with Crippen molar-refractivity contribution < 1.29 is 9.84 Å². The molecule has 0 aliphatic carbocycles. The minimum Gasteiger partial charge on any atom is -0.491 e. The Labute approximate surface area is 179 Å². The molecule has 0 radical (unpaired) electrons. The Morgan fingerprint density at radius 2 is 1.87 bits per heavy atom. The van der Waals surface area contributed by atoms with Gasteiger partial charge in [-0.2, -0.15) is 5.10 Å². The molecule has 0 unspecified atom stereocenters. The van der Waals surface area contributed by atoms with Crippen LogP contribution in [0.2, 0.25) is 0 Å². The van der Waals surface area contributed by atoms with Crippen LogP contribution >= 0.6 is 0 Å². The summed E-state index contributed by atoms with van der Waals surface area (Å²) in [5.74, 6) is 0.780. The lowest BCUT2D eigenvalue weighted by Crippen LogP contribution is -2.32. The summed E-state index contributed by atoms with van der Waals surface area (Å²) in [6, 6.07) is 20.2. The maximum absolute atomic E-state index is 10.3. The molecule has 160 valence electrons. The van der Waals surface area contributed by atoms with Gasteiger partial charge in [0.25, 0.3) is 0 Å². The maximum Gasteiger partial charge on any atom is 0.119 e. The first-order chi connectivity index (χ1) is 14.7. The molecule has 0 amide bonds. The normalized spacial score (nSPS) is 12.2. The Morgan fingerprint density at radius 1 is 1.07 bits per heavy atom. The Morgan fingerprint density at radius 3 is 2.60 bits per heavy atom. The van der Waals surface area contributed by atoms with Gasteiger partial charge in [0.05, 0.1) is 0 Å². The van der Waals surface area contributed by atoms with Crippen molar-refractivity contribution in [1.82, 2.24) is 20.0 Å². The molecule has 1 aromatic heterocycles. The zero-order valence-electron chi connectivity index (χ0n) is 17.7. The highest BCUT2D eigenvalue weighted by Crippen LogP contribution is 2.13. The van der Waals surface area contributed by atoms with Crippen LogP contribution in [-0.2, 0) is 19.6 Å². The largest absolute Gasteiger partial charge is 0.491 e. The number of nitrogens with zero attached hydrogens (tertiary/aromatic N) is 3. The van der Waals surface area contributed by atoms with Gasteiger partial charge in [0.15, 0.2) is 0 Å². The molecule has 3 rings (SSSR count). The van der Waals surface area contributed by atoms with E-state index in [-0.39, 0.29) is 6.61 Å². The fourth-order valence-electron chi connectivity index (χ4n) is 3.30. The van der Waals surface area contributed by atoms with E-state index >= 15 is 0 Å². The van der Waals surface area contributed by atoms with Crippen molar-refractivity contribution >= 4 is 0 Å². The average Bonchev–Trinajstić information content (AvgIpc) is 3.27. The van der Waals surface area contributed by atoms with Crippen LogP contribution in [0.3, 0.4) is 0 Å². The Balaban J connectivity index is 1.29. The molecule has 6 nitrogen and oxygen atoms in total.